The quantitative estimate of drug-likeness (QED) is 0.407. The van der Waals surface area contributed by atoms with Crippen LogP contribution >= 0.6 is 11.6 Å². The van der Waals surface area contributed by atoms with Crippen molar-refractivity contribution < 1.29 is 4.79 Å². The second kappa shape index (κ2) is 8.64. The van der Waals surface area contributed by atoms with Crippen LogP contribution in [0.1, 0.15) is 18.7 Å². The number of benzene rings is 2. The molecule has 0 aliphatic rings. The Morgan fingerprint density at radius 1 is 0.971 bits per heavy atom. The molecule has 0 aliphatic heterocycles. The smallest absolute Gasteiger partial charge is 0.280 e. The summed E-state index contributed by atoms with van der Waals surface area (Å²) in [6.45, 7) is 3.40. The summed E-state index contributed by atoms with van der Waals surface area (Å²) >= 11 is 6.18. The first-order valence-electron chi connectivity index (χ1n) is 10.7. The molecule has 3 heterocycles. The third-order valence-electron chi connectivity index (χ3n) is 5.61. The fourth-order valence-corrected chi connectivity index (χ4v) is 4.05. The van der Waals surface area contributed by atoms with Crippen LogP contribution in [0.25, 0.3) is 22.4 Å². The van der Waals surface area contributed by atoms with Crippen molar-refractivity contribution in [2.24, 2.45) is 0 Å². The number of hydrogen-bond acceptors (Lipinski definition) is 4. The molecule has 8 nitrogen and oxygen atoms in total. The Bertz CT molecular complexity index is 1550. The molecule has 1 N–H and O–H groups in total. The second-order valence-corrected chi connectivity index (χ2v) is 8.27. The van der Waals surface area contributed by atoms with Crippen LogP contribution in [0.15, 0.2) is 83.9 Å². The van der Waals surface area contributed by atoms with Crippen LogP contribution in [0, 0.1) is 6.92 Å². The van der Waals surface area contributed by atoms with Crippen molar-refractivity contribution in [2.45, 2.75) is 19.9 Å². The van der Waals surface area contributed by atoms with Crippen molar-refractivity contribution in [1.29, 1.82) is 0 Å². The number of carbonyl (C=O) groups is 1. The predicted molar refractivity (Wildman–Crippen MR) is 132 cm³/mol. The maximum Gasteiger partial charge on any atom is 0.280 e. The molecule has 1 amide bonds. The van der Waals surface area contributed by atoms with E-state index in [1.807, 2.05) is 59.4 Å². The van der Waals surface area contributed by atoms with Crippen LogP contribution in [0.3, 0.4) is 0 Å². The van der Waals surface area contributed by atoms with E-state index in [1.165, 1.54) is 4.68 Å². The fraction of sp³-hybridized carbons (Fsp3) is 0.120. The van der Waals surface area contributed by atoms with Gasteiger partial charge in [0.05, 0.1) is 22.1 Å². The number of anilines is 1. The molecule has 0 bridgehead atoms. The number of rotatable bonds is 5. The molecule has 0 radical (unpaired) electrons. The summed E-state index contributed by atoms with van der Waals surface area (Å²) in [5.41, 5.74) is 1.88. The summed E-state index contributed by atoms with van der Waals surface area (Å²) in [6.07, 6.45) is 3.70. The number of nitrogens with zero attached hydrogens (tertiary/aromatic N) is 5. The Morgan fingerprint density at radius 3 is 2.35 bits per heavy atom. The predicted octanol–water partition coefficient (Wildman–Crippen LogP) is 4.53. The topological polar surface area (TPSA) is 86.7 Å². The van der Waals surface area contributed by atoms with Crippen LogP contribution < -0.4 is 10.9 Å². The molecule has 1 atom stereocenters. The highest BCUT2D eigenvalue weighted by Crippen LogP contribution is 2.26. The molecule has 0 spiro atoms. The van der Waals surface area contributed by atoms with Crippen LogP contribution in [0.4, 0.5) is 5.69 Å². The van der Waals surface area contributed by atoms with E-state index in [0.717, 1.165) is 5.69 Å². The highest BCUT2D eigenvalue weighted by atomic mass is 35.5. The number of aromatic nitrogens is 5. The van der Waals surface area contributed by atoms with Crippen LogP contribution in [0.2, 0.25) is 5.02 Å². The monoisotopic (exact) mass is 472 g/mol. The summed E-state index contributed by atoms with van der Waals surface area (Å²) in [7, 11) is 0. The fourth-order valence-electron chi connectivity index (χ4n) is 3.86. The lowest BCUT2D eigenvalue weighted by Crippen LogP contribution is -2.34. The molecule has 0 aliphatic carbocycles. The van der Waals surface area contributed by atoms with Crippen molar-refractivity contribution >= 4 is 34.1 Å². The van der Waals surface area contributed by atoms with Gasteiger partial charge in [-0.15, -0.1) is 0 Å². The van der Waals surface area contributed by atoms with Gasteiger partial charge in [-0.25, -0.2) is 9.36 Å². The molecule has 0 saturated carbocycles. The molecule has 2 aromatic carbocycles. The first-order chi connectivity index (χ1) is 16.5. The lowest BCUT2D eigenvalue weighted by molar-refractivity contribution is -0.119. The average Bonchev–Trinajstić information content (AvgIpc) is 3.51. The molecule has 5 rings (SSSR count). The summed E-state index contributed by atoms with van der Waals surface area (Å²) in [4.78, 5) is 26.7. The Morgan fingerprint density at radius 2 is 1.65 bits per heavy atom. The number of nitrogens with one attached hydrogen (secondary N) is 1. The zero-order chi connectivity index (χ0) is 23.8. The number of carbonyl (C=O) groups excluding carboxylic acids is 1. The normalized spacial score (nSPS) is 12.1. The van der Waals surface area contributed by atoms with E-state index in [1.54, 1.807) is 42.8 Å². The van der Waals surface area contributed by atoms with Crippen LogP contribution in [-0.4, -0.2) is 30.0 Å². The van der Waals surface area contributed by atoms with E-state index in [4.69, 9.17) is 16.7 Å². The van der Waals surface area contributed by atoms with Crippen LogP contribution in [0.5, 0.6) is 0 Å². The first-order valence-corrected chi connectivity index (χ1v) is 11.1. The van der Waals surface area contributed by atoms with Gasteiger partial charge in [0.2, 0.25) is 5.91 Å². The lowest BCUT2D eigenvalue weighted by atomic mass is 10.2. The highest BCUT2D eigenvalue weighted by molar-refractivity contribution is 6.33. The van der Waals surface area contributed by atoms with E-state index in [9.17, 15) is 9.59 Å². The minimum Gasteiger partial charge on any atom is -0.323 e. The molecule has 3 aromatic heterocycles. The molecule has 0 fully saturated rings. The molecular formula is C25H21ClN6O2. The van der Waals surface area contributed by atoms with Crippen molar-refractivity contribution in [3.63, 3.8) is 0 Å². The molecule has 0 saturated heterocycles. The number of hydrogen-bond donors (Lipinski definition) is 1. The van der Waals surface area contributed by atoms with E-state index < -0.39 is 17.5 Å². The van der Waals surface area contributed by atoms with E-state index in [2.05, 4.69) is 10.4 Å². The first kappa shape index (κ1) is 21.7. The van der Waals surface area contributed by atoms with Crippen molar-refractivity contribution in [3.05, 3.63) is 100 Å². The van der Waals surface area contributed by atoms with E-state index in [0.29, 0.717) is 33.1 Å². The Labute approximate surface area is 200 Å². The van der Waals surface area contributed by atoms with Crippen molar-refractivity contribution in [1.82, 2.24) is 24.1 Å². The molecule has 5 aromatic rings. The van der Waals surface area contributed by atoms with Crippen molar-refractivity contribution in [2.75, 3.05) is 5.32 Å². The number of halogens is 1. The third-order valence-corrected chi connectivity index (χ3v) is 5.94. The number of aryl methyl sites for hydroxylation is 1. The maximum atomic E-state index is 13.7. The number of fused-ring (bicyclic) bond motifs is 1. The van der Waals surface area contributed by atoms with Gasteiger partial charge in [-0.2, -0.15) is 10.2 Å². The number of para-hydroxylation sites is 2. The summed E-state index contributed by atoms with van der Waals surface area (Å²) in [6, 6.07) is 19.4. The average molecular weight is 473 g/mol. The van der Waals surface area contributed by atoms with Gasteiger partial charge in [0.25, 0.3) is 5.56 Å². The molecular weight excluding hydrogens is 452 g/mol. The minimum atomic E-state index is -0.885. The van der Waals surface area contributed by atoms with Gasteiger partial charge in [-0.3, -0.25) is 9.59 Å². The largest absolute Gasteiger partial charge is 0.323 e. The van der Waals surface area contributed by atoms with Gasteiger partial charge in [0.15, 0.2) is 5.82 Å². The summed E-state index contributed by atoms with van der Waals surface area (Å²) in [5, 5.41) is 12.7. The van der Waals surface area contributed by atoms with Gasteiger partial charge in [-0.1, -0.05) is 41.9 Å². The summed E-state index contributed by atoms with van der Waals surface area (Å²) in [5.74, 6) is 0.175. The lowest BCUT2D eigenvalue weighted by Gasteiger charge is -2.15. The zero-order valence-electron chi connectivity index (χ0n) is 18.5. The SMILES string of the molecule is Cc1nn([C@H](C)C(=O)Nc2ccccc2Cl)c(=O)c2c(-n3cccc3)n(-c3ccccc3)nc12. The summed E-state index contributed by atoms with van der Waals surface area (Å²) < 4.78 is 4.76. The van der Waals surface area contributed by atoms with Crippen LogP contribution in [-0.2, 0) is 4.79 Å². The molecule has 34 heavy (non-hydrogen) atoms. The maximum absolute atomic E-state index is 13.7. The standard InChI is InChI=1S/C25H21ClN6O2/c1-16-22-21(24(30-14-8-9-15-30)32(29-22)18-10-4-3-5-11-18)25(34)31(28-16)17(2)23(33)27-20-13-7-6-12-19(20)26/h3-15,17H,1-2H3,(H,27,33)/t17-/m1/s1. The van der Waals surface area contributed by atoms with Crippen molar-refractivity contribution in [3.8, 4) is 11.5 Å². The van der Waals surface area contributed by atoms with Gasteiger partial charge in [0.1, 0.15) is 16.9 Å². The Hall–Kier alpha value is -4.17. The van der Waals surface area contributed by atoms with Gasteiger partial charge < -0.3 is 9.88 Å². The third kappa shape index (κ3) is 3.68. The van der Waals surface area contributed by atoms with E-state index in [-0.39, 0.29) is 0 Å². The van der Waals surface area contributed by atoms with Gasteiger partial charge >= 0.3 is 0 Å². The minimum absolute atomic E-state index is 0.380. The Kier molecular flexibility index (Phi) is 5.51. The van der Waals surface area contributed by atoms with Gasteiger partial charge in [-0.05, 0) is 50.2 Å². The number of amides is 1. The van der Waals surface area contributed by atoms with Gasteiger partial charge in [0, 0.05) is 12.4 Å². The Balaban J connectivity index is 1.68. The second-order valence-electron chi connectivity index (χ2n) is 7.87. The molecule has 0 unspecified atom stereocenters. The molecule has 170 valence electrons. The highest BCUT2D eigenvalue weighted by Gasteiger charge is 2.25. The zero-order valence-corrected chi connectivity index (χ0v) is 19.3. The van der Waals surface area contributed by atoms with E-state index >= 15 is 0 Å². The molecule has 9 heteroatoms.